The van der Waals surface area contributed by atoms with Gasteiger partial charge in [0.05, 0.1) is 11.1 Å². The highest BCUT2D eigenvalue weighted by Crippen LogP contribution is 2.41. The number of likely N-dealkylation sites (N-methyl/N-ethyl adjacent to an activating group) is 2. The zero-order valence-corrected chi connectivity index (χ0v) is 26.4. The first-order valence-electron chi connectivity index (χ1n) is 14.1. The number of thiazole rings is 1. The van der Waals surface area contributed by atoms with E-state index in [-0.39, 0.29) is 27.3 Å². The molecule has 0 aliphatic heterocycles. The zero-order valence-electron chi connectivity index (χ0n) is 25.6. The third kappa shape index (κ3) is 8.04. The largest absolute Gasteiger partial charge is 0.434 e. The van der Waals surface area contributed by atoms with Crippen molar-refractivity contribution in [3.8, 4) is 21.7 Å². The molecule has 0 aliphatic carbocycles. The maximum atomic E-state index is 13.6. The normalized spacial score (nSPS) is 11.8. The summed E-state index contributed by atoms with van der Waals surface area (Å²) in [5, 5.41) is 9.82. The average Bonchev–Trinajstić information content (AvgIpc) is 3.48. The van der Waals surface area contributed by atoms with Gasteiger partial charge in [0.1, 0.15) is 10.8 Å². The van der Waals surface area contributed by atoms with Gasteiger partial charge in [0.2, 0.25) is 0 Å². The van der Waals surface area contributed by atoms with E-state index in [0.29, 0.717) is 61.3 Å². The van der Waals surface area contributed by atoms with E-state index < -0.39 is 23.3 Å². The summed E-state index contributed by atoms with van der Waals surface area (Å²) in [6, 6.07) is 4.36. The molecule has 0 spiro atoms. The molecule has 0 saturated carbocycles. The standard InChI is InChI=1S/C30H35F3N8O3S/c1-6-34-29(44)38-26-12-20(28-37-25(17-45-28)30(31,32)33)22(14-36-26)19-11-21-24(13-23(19)35-7-8-39(2)3)41(10-9-40(4)5)15-18(16-42)27(21)43/h11-17,35H,6-10H2,1-5H3,(H2,34,36,38,44). The number of urea groups is 1. The molecule has 0 saturated heterocycles. The minimum atomic E-state index is -4.66. The molecule has 0 unspecified atom stereocenters. The Morgan fingerprint density at radius 1 is 1.07 bits per heavy atom. The number of amides is 2. The van der Waals surface area contributed by atoms with E-state index in [9.17, 15) is 27.6 Å². The lowest BCUT2D eigenvalue weighted by Crippen LogP contribution is -2.28. The first-order chi connectivity index (χ1) is 21.3. The number of nitrogens with one attached hydrogen (secondary N) is 3. The van der Waals surface area contributed by atoms with Crippen LogP contribution >= 0.6 is 11.3 Å². The monoisotopic (exact) mass is 644 g/mol. The van der Waals surface area contributed by atoms with Crippen LogP contribution in [0.15, 0.2) is 40.8 Å². The van der Waals surface area contributed by atoms with Crippen LogP contribution in [0.25, 0.3) is 32.6 Å². The number of fused-ring (bicyclic) bond motifs is 1. The van der Waals surface area contributed by atoms with Crippen LogP contribution in [-0.2, 0) is 12.7 Å². The van der Waals surface area contributed by atoms with E-state index in [1.807, 2.05) is 42.6 Å². The first kappa shape index (κ1) is 33.6. The third-order valence-corrected chi connectivity index (χ3v) is 7.71. The van der Waals surface area contributed by atoms with Gasteiger partial charge in [-0.1, -0.05) is 0 Å². The fourth-order valence-electron chi connectivity index (χ4n) is 4.58. The molecule has 0 fully saturated rings. The van der Waals surface area contributed by atoms with Crippen molar-refractivity contribution < 1.29 is 22.8 Å². The van der Waals surface area contributed by atoms with E-state index in [0.717, 1.165) is 16.7 Å². The summed E-state index contributed by atoms with van der Waals surface area (Å²) in [4.78, 5) is 49.8. The van der Waals surface area contributed by atoms with Gasteiger partial charge in [-0.3, -0.25) is 14.9 Å². The lowest BCUT2D eigenvalue weighted by atomic mass is 9.97. The Morgan fingerprint density at radius 3 is 2.42 bits per heavy atom. The summed E-state index contributed by atoms with van der Waals surface area (Å²) in [5.74, 6) is 0.0978. The summed E-state index contributed by atoms with van der Waals surface area (Å²) in [5.41, 5.74) is 0.760. The van der Waals surface area contributed by atoms with Crippen LogP contribution in [0.3, 0.4) is 0 Å². The van der Waals surface area contributed by atoms with Crippen LogP contribution < -0.4 is 21.4 Å². The number of rotatable bonds is 12. The molecule has 4 rings (SSSR count). The number of hydrogen-bond donors (Lipinski definition) is 3. The van der Waals surface area contributed by atoms with Crippen molar-refractivity contribution in [3.63, 3.8) is 0 Å². The number of anilines is 2. The Balaban J connectivity index is 2.00. The minimum absolute atomic E-state index is 0.0184. The number of alkyl halides is 3. The predicted molar refractivity (Wildman–Crippen MR) is 171 cm³/mol. The van der Waals surface area contributed by atoms with Gasteiger partial charge >= 0.3 is 12.2 Å². The molecule has 3 N–H and O–H groups in total. The quantitative estimate of drug-likeness (QED) is 0.190. The van der Waals surface area contributed by atoms with Crippen LogP contribution in [0.2, 0.25) is 0 Å². The molecule has 0 bridgehead atoms. The molecule has 0 aliphatic rings. The van der Waals surface area contributed by atoms with Crippen LogP contribution in [0.1, 0.15) is 23.0 Å². The molecule has 0 atom stereocenters. The van der Waals surface area contributed by atoms with E-state index in [4.69, 9.17) is 0 Å². The van der Waals surface area contributed by atoms with Gasteiger partial charge in [-0.2, -0.15) is 13.2 Å². The fourth-order valence-corrected chi connectivity index (χ4v) is 5.44. The molecular formula is C30H35F3N8O3S. The number of carbonyl (C=O) groups is 2. The second-order valence-electron chi connectivity index (χ2n) is 10.8. The van der Waals surface area contributed by atoms with Gasteiger partial charge < -0.3 is 25.0 Å². The third-order valence-electron chi connectivity index (χ3n) is 6.83. The highest BCUT2D eigenvalue weighted by molar-refractivity contribution is 7.13. The number of carbonyl (C=O) groups excluding carboxylic acids is 2. The van der Waals surface area contributed by atoms with Crippen LogP contribution in [0, 0.1) is 0 Å². The molecule has 45 heavy (non-hydrogen) atoms. The Kier molecular flexibility index (Phi) is 10.6. The summed E-state index contributed by atoms with van der Waals surface area (Å²) < 4.78 is 42.6. The topological polar surface area (TPSA) is 124 Å². The molecule has 1 aromatic carbocycles. The van der Waals surface area contributed by atoms with E-state index >= 15 is 0 Å². The summed E-state index contributed by atoms with van der Waals surface area (Å²) in [7, 11) is 7.68. The van der Waals surface area contributed by atoms with E-state index in [1.165, 1.54) is 18.5 Å². The summed E-state index contributed by atoms with van der Waals surface area (Å²) in [6.07, 6.45) is -1.18. The maximum Gasteiger partial charge on any atom is 0.434 e. The van der Waals surface area contributed by atoms with Crippen molar-refractivity contribution in [2.45, 2.75) is 19.6 Å². The highest BCUT2D eigenvalue weighted by atomic mass is 32.1. The summed E-state index contributed by atoms with van der Waals surface area (Å²) >= 11 is 0.797. The van der Waals surface area contributed by atoms with Crippen LogP contribution in [-0.4, -0.2) is 91.0 Å². The van der Waals surface area contributed by atoms with Gasteiger partial charge in [-0.15, -0.1) is 11.3 Å². The van der Waals surface area contributed by atoms with Crippen molar-refractivity contribution in [2.75, 3.05) is 65.0 Å². The van der Waals surface area contributed by atoms with Crippen molar-refractivity contribution in [1.82, 2.24) is 29.7 Å². The van der Waals surface area contributed by atoms with Crippen molar-refractivity contribution in [2.24, 2.45) is 0 Å². The molecule has 240 valence electrons. The minimum Gasteiger partial charge on any atom is -0.383 e. The number of halogens is 3. The van der Waals surface area contributed by atoms with E-state index in [1.54, 1.807) is 19.1 Å². The number of benzene rings is 1. The fraction of sp³-hybridized carbons (Fsp3) is 0.367. The van der Waals surface area contributed by atoms with Crippen LogP contribution in [0.4, 0.5) is 29.5 Å². The van der Waals surface area contributed by atoms with Gasteiger partial charge in [-0.05, 0) is 53.3 Å². The molecule has 11 nitrogen and oxygen atoms in total. The SMILES string of the molecule is CCNC(=O)Nc1cc(-c2nc(C(F)(F)F)cs2)c(-c2cc3c(=O)c(C=O)cn(CCN(C)C)c3cc2NCCN(C)C)cn1. The Morgan fingerprint density at radius 2 is 1.80 bits per heavy atom. The number of aldehydes is 1. The lowest BCUT2D eigenvalue weighted by molar-refractivity contribution is -0.140. The van der Waals surface area contributed by atoms with Gasteiger partial charge in [-0.25, -0.2) is 14.8 Å². The number of pyridine rings is 2. The van der Waals surface area contributed by atoms with E-state index in [2.05, 4.69) is 25.9 Å². The smallest absolute Gasteiger partial charge is 0.383 e. The van der Waals surface area contributed by atoms with Crippen LogP contribution in [0.5, 0.6) is 0 Å². The summed E-state index contributed by atoms with van der Waals surface area (Å²) in [6.45, 7) is 4.40. The number of hydrogen-bond acceptors (Lipinski definition) is 9. The maximum absolute atomic E-state index is 13.6. The van der Waals surface area contributed by atoms with Crippen molar-refractivity contribution >= 4 is 46.1 Å². The Hall–Kier alpha value is -4.34. The molecule has 15 heteroatoms. The van der Waals surface area contributed by atoms with Gasteiger partial charge in [0.25, 0.3) is 0 Å². The van der Waals surface area contributed by atoms with Gasteiger partial charge in [0.15, 0.2) is 17.4 Å². The predicted octanol–water partition coefficient (Wildman–Crippen LogP) is 4.69. The van der Waals surface area contributed by atoms with Crippen molar-refractivity contribution in [3.05, 3.63) is 57.5 Å². The highest BCUT2D eigenvalue weighted by Gasteiger charge is 2.34. The molecular weight excluding hydrogens is 609 g/mol. The number of nitrogens with zero attached hydrogens (tertiary/aromatic N) is 5. The molecule has 0 radical (unpaired) electrons. The van der Waals surface area contributed by atoms with Crippen molar-refractivity contribution in [1.29, 1.82) is 0 Å². The molecule has 4 aromatic rings. The molecule has 3 aromatic heterocycles. The second kappa shape index (κ2) is 14.2. The lowest BCUT2D eigenvalue weighted by Gasteiger charge is -2.20. The van der Waals surface area contributed by atoms with Gasteiger partial charge in [0, 0.05) is 78.3 Å². The Labute approximate surface area is 262 Å². The Bertz CT molecular complexity index is 1750. The molecule has 3 heterocycles. The second-order valence-corrected chi connectivity index (χ2v) is 11.7. The first-order valence-corrected chi connectivity index (χ1v) is 15.0. The zero-order chi connectivity index (χ0) is 32.9. The average molecular weight is 645 g/mol. The molecule has 2 amide bonds. The number of aromatic nitrogens is 3.